The molecule has 0 aliphatic carbocycles. The van der Waals surface area contributed by atoms with Crippen LogP contribution in [0, 0.1) is 0 Å². The molecule has 0 aromatic heterocycles. The predicted octanol–water partition coefficient (Wildman–Crippen LogP) is 3.76. The van der Waals surface area contributed by atoms with Gasteiger partial charge in [0.1, 0.15) is 5.54 Å². The lowest BCUT2D eigenvalue weighted by Gasteiger charge is -2.50. The van der Waals surface area contributed by atoms with E-state index in [9.17, 15) is 9.59 Å². The fraction of sp³-hybridized carbons (Fsp3) is 0.391. The SMILES string of the molecule is CCN(CC)C(=O)C1(C)CCN1C(=O)Cc1ccc(-c2ccccc2)cc1. The Morgan fingerprint density at radius 3 is 2.07 bits per heavy atom. The van der Waals surface area contributed by atoms with Gasteiger partial charge in [-0.2, -0.15) is 0 Å². The van der Waals surface area contributed by atoms with Crippen LogP contribution in [0.5, 0.6) is 0 Å². The smallest absolute Gasteiger partial charge is 0.248 e. The molecule has 4 nitrogen and oxygen atoms in total. The highest BCUT2D eigenvalue weighted by Crippen LogP contribution is 2.33. The summed E-state index contributed by atoms with van der Waals surface area (Å²) in [5.41, 5.74) is 2.59. The number of rotatable bonds is 6. The molecule has 3 rings (SSSR count). The van der Waals surface area contributed by atoms with Gasteiger partial charge in [0.2, 0.25) is 11.8 Å². The third-order valence-electron chi connectivity index (χ3n) is 5.65. The fourth-order valence-electron chi connectivity index (χ4n) is 3.75. The molecule has 2 aromatic carbocycles. The normalized spacial score (nSPS) is 18.7. The molecule has 1 unspecified atom stereocenters. The van der Waals surface area contributed by atoms with E-state index in [1.807, 2.05) is 68.1 Å². The van der Waals surface area contributed by atoms with Crippen LogP contribution >= 0.6 is 0 Å². The lowest BCUT2D eigenvalue weighted by molar-refractivity contribution is -0.163. The number of nitrogens with zero attached hydrogens (tertiary/aromatic N) is 2. The van der Waals surface area contributed by atoms with Gasteiger partial charge < -0.3 is 9.80 Å². The van der Waals surface area contributed by atoms with Crippen LogP contribution in [0.25, 0.3) is 11.1 Å². The van der Waals surface area contributed by atoms with Gasteiger partial charge in [-0.25, -0.2) is 0 Å². The number of carbonyl (C=O) groups excluding carboxylic acids is 2. The van der Waals surface area contributed by atoms with Crippen LogP contribution < -0.4 is 0 Å². The Morgan fingerprint density at radius 1 is 0.963 bits per heavy atom. The van der Waals surface area contributed by atoms with E-state index in [0.717, 1.165) is 23.1 Å². The number of likely N-dealkylation sites (N-methyl/N-ethyl adjacent to an activating group) is 1. The minimum atomic E-state index is -0.687. The Kier molecular flexibility index (Phi) is 5.64. The molecule has 1 aliphatic rings. The molecule has 4 heteroatoms. The van der Waals surface area contributed by atoms with Gasteiger partial charge in [0, 0.05) is 19.6 Å². The van der Waals surface area contributed by atoms with Crippen molar-refractivity contribution in [3.8, 4) is 11.1 Å². The second-order valence-corrected chi connectivity index (χ2v) is 7.29. The summed E-state index contributed by atoms with van der Waals surface area (Å²) in [6.07, 6.45) is 1.07. The summed E-state index contributed by atoms with van der Waals surface area (Å²) in [7, 11) is 0. The van der Waals surface area contributed by atoms with E-state index >= 15 is 0 Å². The van der Waals surface area contributed by atoms with Gasteiger partial charge in [-0.05, 0) is 43.9 Å². The summed E-state index contributed by atoms with van der Waals surface area (Å²) in [6, 6.07) is 18.3. The van der Waals surface area contributed by atoms with E-state index in [0.29, 0.717) is 26.1 Å². The Balaban J connectivity index is 1.68. The van der Waals surface area contributed by atoms with Crippen molar-refractivity contribution in [3.63, 3.8) is 0 Å². The average molecular weight is 364 g/mol. The summed E-state index contributed by atoms with van der Waals surface area (Å²) >= 11 is 0. The van der Waals surface area contributed by atoms with Crippen LogP contribution in [0.2, 0.25) is 0 Å². The van der Waals surface area contributed by atoms with Gasteiger partial charge in [0.15, 0.2) is 0 Å². The van der Waals surface area contributed by atoms with Crippen LogP contribution in [0.4, 0.5) is 0 Å². The molecule has 1 heterocycles. The van der Waals surface area contributed by atoms with Gasteiger partial charge >= 0.3 is 0 Å². The molecule has 0 N–H and O–H groups in total. The summed E-state index contributed by atoms with van der Waals surface area (Å²) in [5, 5.41) is 0. The quantitative estimate of drug-likeness (QED) is 0.783. The summed E-state index contributed by atoms with van der Waals surface area (Å²) in [5.74, 6) is 0.0863. The highest BCUT2D eigenvalue weighted by atomic mass is 16.2. The summed E-state index contributed by atoms with van der Waals surface area (Å²) < 4.78 is 0. The van der Waals surface area contributed by atoms with Gasteiger partial charge in [0.05, 0.1) is 6.42 Å². The van der Waals surface area contributed by atoms with Crippen molar-refractivity contribution in [3.05, 3.63) is 60.2 Å². The average Bonchev–Trinajstić information content (AvgIpc) is 2.68. The van der Waals surface area contributed by atoms with Gasteiger partial charge in [0.25, 0.3) is 0 Å². The lowest BCUT2D eigenvalue weighted by atomic mass is 9.84. The number of benzene rings is 2. The molecule has 1 atom stereocenters. The first-order valence-electron chi connectivity index (χ1n) is 9.73. The zero-order chi connectivity index (χ0) is 19.4. The Bertz CT molecular complexity index is 797. The van der Waals surface area contributed by atoms with Crippen LogP contribution in [0.1, 0.15) is 32.8 Å². The summed E-state index contributed by atoms with van der Waals surface area (Å²) in [4.78, 5) is 29.2. The van der Waals surface area contributed by atoms with Crippen LogP contribution in [0.3, 0.4) is 0 Å². The maximum atomic E-state index is 12.8. The van der Waals surface area contributed by atoms with Gasteiger partial charge in [-0.15, -0.1) is 0 Å². The molecule has 1 fully saturated rings. The summed E-state index contributed by atoms with van der Waals surface area (Å²) in [6.45, 7) is 7.85. The second-order valence-electron chi connectivity index (χ2n) is 7.29. The minimum Gasteiger partial charge on any atom is -0.341 e. The Hall–Kier alpha value is -2.62. The predicted molar refractivity (Wildman–Crippen MR) is 108 cm³/mol. The maximum absolute atomic E-state index is 12.8. The standard InChI is InChI=1S/C23H28N2O2/c1-4-24(5-2)22(27)23(3)15-16-25(23)21(26)17-18-11-13-20(14-12-18)19-9-7-6-8-10-19/h6-14H,4-5,15-17H2,1-3H3. The molecular formula is C23H28N2O2. The van der Waals surface area contributed by atoms with Crippen molar-refractivity contribution in [2.45, 2.75) is 39.2 Å². The largest absolute Gasteiger partial charge is 0.341 e. The first-order chi connectivity index (χ1) is 13.0. The third kappa shape index (κ3) is 3.75. The zero-order valence-corrected chi connectivity index (χ0v) is 16.4. The van der Waals surface area contributed by atoms with E-state index in [2.05, 4.69) is 12.1 Å². The van der Waals surface area contributed by atoms with E-state index in [-0.39, 0.29) is 11.8 Å². The number of hydrogen-bond acceptors (Lipinski definition) is 2. The van der Waals surface area contributed by atoms with Crippen LogP contribution in [-0.4, -0.2) is 46.8 Å². The monoisotopic (exact) mass is 364 g/mol. The number of amides is 2. The van der Waals surface area contributed by atoms with Crippen molar-refractivity contribution in [1.29, 1.82) is 0 Å². The van der Waals surface area contributed by atoms with Crippen molar-refractivity contribution < 1.29 is 9.59 Å². The lowest BCUT2D eigenvalue weighted by Crippen LogP contribution is -2.68. The van der Waals surface area contributed by atoms with E-state index in [4.69, 9.17) is 0 Å². The van der Waals surface area contributed by atoms with E-state index in [1.165, 1.54) is 0 Å². The van der Waals surface area contributed by atoms with Crippen molar-refractivity contribution in [2.24, 2.45) is 0 Å². The minimum absolute atomic E-state index is 0.0247. The van der Waals surface area contributed by atoms with E-state index < -0.39 is 5.54 Å². The van der Waals surface area contributed by atoms with E-state index in [1.54, 1.807) is 4.90 Å². The number of hydrogen-bond donors (Lipinski definition) is 0. The van der Waals surface area contributed by atoms with Gasteiger partial charge in [-0.1, -0.05) is 54.6 Å². The fourth-order valence-corrected chi connectivity index (χ4v) is 3.75. The van der Waals surface area contributed by atoms with Crippen molar-refractivity contribution >= 4 is 11.8 Å². The van der Waals surface area contributed by atoms with Crippen molar-refractivity contribution in [1.82, 2.24) is 9.80 Å². The molecule has 0 saturated carbocycles. The van der Waals surface area contributed by atoms with Crippen LogP contribution in [0.15, 0.2) is 54.6 Å². The molecule has 27 heavy (non-hydrogen) atoms. The van der Waals surface area contributed by atoms with Crippen LogP contribution in [-0.2, 0) is 16.0 Å². The molecule has 1 saturated heterocycles. The topological polar surface area (TPSA) is 40.6 Å². The molecule has 0 spiro atoms. The molecule has 1 aliphatic heterocycles. The second kappa shape index (κ2) is 7.95. The molecule has 142 valence electrons. The first-order valence-corrected chi connectivity index (χ1v) is 9.73. The maximum Gasteiger partial charge on any atom is 0.248 e. The Morgan fingerprint density at radius 2 is 1.56 bits per heavy atom. The highest BCUT2D eigenvalue weighted by Gasteiger charge is 2.50. The molecular weight excluding hydrogens is 336 g/mol. The molecule has 2 aromatic rings. The number of carbonyl (C=O) groups is 2. The highest BCUT2D eigenvalue weighted by molar-refractivity contribution is 5.93. The first kappa shape index (κ1) is 19.2. The zero-order valence-electron chi connectivity index (χ0n) is 16.4. The van der Waals surface area contributed by atoms with Gasteiger partial charge in [-0.3, -0.25) is 9.59 Å². The molecule has 2 amide bonds. The Labute approximate surface area is 161 Å². The van der Waals surface area contributed by atoms with Crippen molar-refractivity contribution in [2.75, 3.05) is 19.6 Å². The third-order valence-corrected chi connectivity index (χ3v) is 5.65. The molecule has 0 bridgehead atoms. The number of likely N-dealkylation sites (tertiary alicyclic amines) is 1. The molecule has 0 radical (unpaired) electrons.